The van der Waals surface area contributed by atoms with Crippen LogP contribution in [0, 0.1) is 0 Å². The van der Waals surface area contributed by atoms with E-state index in [0.29, 0.717) is 18.0 Å². The van der Waals surface area contributed by atoms with Gasteiger partial charge in [0.05, 0.1) is 12.3 Å². The molecule has 2 heterocycles. The third-order valence-corrected chi connectivity index (χ3v) is 5.71. The second-order valence-corrected chi connectivity index (χ2v) is 8.48. The summed E-state index contributed by atoms with van der Waals surface area (Å²) in [5.41, 5.74) is 0.974. The van der Waals surface area contributed by atoms with Crippen molar-refractivity contribution >= 4 is 15.9 Å². The molecule has 0 bridgehead atoms. The smallest absolute Gasteiger partial charge is 0.242 e. The largest absolute Gasteiger partial charge is 0.454 e. The van der Waals surface area contributed by atoms with Crippen LogP contribution in [0.15, 0.2) is 30.4 Å². The number of sulfonamides is 1. The molecule has 2 atom stereocenters. The van der Waals surface area contributed by atoms with Gasteiger partial charge in [0, 0.05) is 13.1 Å². The lowest BCUT2D eigenvalue weighted by atomic mass is 10.0. The highest BCUT2D eigenvalue weighted by Crippen LogP contribution is 2.35. The van der Waals surface area contributed by atoms with E-state index in [2.05, 4.69) is 5.32 Å². The summed E-state index contributed by atoms with van der Waals surface area (Å²) < 4.78 is 35.5. The Morgan fingerprint density at radius 2 is 2.08 bits per heavy atom. The molecular weight excluding hydrogens is 358 g/mol. The lowest BCUT2D eigenvalue weighted by molar-refractivity contribution is -0.123. The maximum absolute atomic E-state index is 12.5. The van der Waals surface area contributed by atoms with Gasteiger partial charge in [0.1, 0.15) is 6.04 Å². The van der Waals surface area contributed by atoms with Crippen LogP contribution < -0.4 is 14.8 Å². The lowest BCUT2D eigenvalue weighted by Crippen LogP contribution is -2.47. The van der Waals surface area contributed by atoms with Gasteiger partial charge >= 0.3 is 0 Å². The van der Waals surface area contributed by atoms with E-state index in [4.69, 9.17) is 9.47 Å². The minimum atomic E-state index is -3.44. The summed E-state index contributed by atoms with van der Waals surface area (Å²) in [6.07, 6.45) is 4.41. The number of nitrogens with one attached hydrogen (secondary N) is 1. The van der Waals surface area contributed by atoms with Crippen LogP contribution >= 0.6 is 0 Å². The highest BCUT2D eigenvalue weighted by molar-refractivity contribution is 7.88. The maximum Gasteiger partial charge on any atom is 0.242 e. The quantitative estimate of drug-likeness (QED) is 0.715. The molecule has 142 valence electrons. The van der Waals surface area contributed by atoms with Crippen LogP contribution in [0.3, 0.4) is 0 Å². The third kappa shape index (κ3) is 3.84. The Balaban J connectivity index is 1.69. The molecule has 2 aliphatic rings. The van der Waals surface area contributed by atoms with E-state index in [1.54, 1.807) is 12.2 Å². The molecule has 0 radical (unpaired) electrons. The predicted molar refractivity (Wildman–Crippen MR) is 96.5 cm³/mol. The molecule has 0 unspecified atom stereocenters. The molecule has 2 aliphatic heterocycles. The van der Waals surface area contributed by atoms with E-state index in [1.807, 2.05) is 37.2 Å². The Bertz CT molecular complexity index is 822. The SMILES string of the molecule is CN(C)[C@H](CNC(=O)[C@@H]1C=CCN1S(C)(=O)=O)c1ccc2c(c1)OCO2. The maximum atomic E-state index is 12.5. The minimum absolute atomic E-state index is 0.0921. The zero-order valence-corrected chi connectivity index (χ0v) is 15.8. The number of carbonyl (C=O) groups is 1. The molecule has 0 aromatic heterocycles. The molecule has 8 nitrogen and oxygen atoms in total. The van der Waals surface area contributed by atoms with Crippen molar-refractivity contribution in [2.24, 2.45) is 0 Å². The molecule has 0 aliphatic carbocycles. The summed E-state index contributed by atoms with van der Waals surface area (Å²) in [4.78, 5) is 14.5. The number of ether oxygens (including phenoxy) is 2. The summed E-state index contributed by atoms with van der Waals surface area (Å²) in [5, 5.41) is 2.86. The Morgan fingerprint density at radius 3 is 2.77 bits per heavy atom. The molecule has 9 heteroatoms. The standard InChI is InChI=1S/C17H23N3O5S/c1-19(2)14(12-6-7-15-16(9-12)25-11-24-15)10-18-17(21)13-5-4-8-20(13)26(3,22)23/h4-7,9,13-14H,8,10-11H2,1-3H3,(H,18,21)/t13-,14+/m0/s1. The molecule has 0 spiro atoms. The van der Waals surface area contributed by atoms with Crippen LogP contribution in [0.1, 0.15) is 11.6 Å². The Morgan fingerprint density at radius 1 is 1.35 bits per heavy atom. The fourth-order valence-corrected chi connectivity index (χ4v) is 4.02. The van der Waals surface area contributed by atoms with Crippen molar-refractivity contribution in [3.05, 3.63) is 35.9 Å². The van der Waals surface area contributed by atoms with Crippen molar-refractivity contribution in [1.82, 2.24) is 14.5 Å². The van der Waals surface area contributed by atoms with E-state index < -0.39 is 16.1 Å². The number of hydrogen-bond donors (Lipinski definition) is 1. The zero-order chi connectivity index (χ0) is 18.9. The van der Waals surface area contributed by atoms with Gasteiger partial charge in [-0.2, -0.15) is 4.31 Å². The average Bonchev–Trinajstić information content (AvgIpc) is 3.22. The first kappa shape index (κ1) is 18.7. The van der Waals surface area contributed by atoms with Crippen molar-refractivity contribution < 1.29 is 22.7 Å². The molecule has 3 rings (SSSR count). The number of amides is 1. The van der Waals surface area contributed by atoms with Crippen LogP contribution in [0.5, 0.6) is 11.5 Å². The van der Waals surface area contributed by atoms with Crippen LogP contribution in [0.25, 0.3) is 0 Å². The summed E-state index contributed by atoms with van der Waals surface area (Å²) in [6, 6.07) is 4.79. The first-order valence-electron chi connectivity index (χ1n) is 8.24. The molecule has 0 saturated heterocycles. The van der Waals surface area contributed by atoms with Gasteiger partial charge in [-0.3, -0.25) is 4.79 Å². The van der Waals surface area contributed by atoms with E-state index in [0.717, 1.165) is 11.8 Å². The van der Waals surface area contributed by atoms with E-state index in [-0.39, 0.29) is 25.3 Å². The predicted octanol–water partition coefficient (Wildman–Crippen LogP) is 0.334. The number of likely N-dealkylation sites (N-methyl/N-ethyl adjacent to an activating group) is 1. The van der Waals surface area contributed by atoms with E-state index >= 15 is 0 Å². The monoisotopic (exact) mass is 381 g/mol. The van der Waals surface area contributed by atoms with Gasteiger partial charge in [0.25, 0.3) is 0 Å². The second-order valence-electron chi connectivity index (χ2n) is 6.54. The topological polar surface area (TPSA) is 88.2 Å². The molecule has 1 N–H and O–H groups in total. The van der Waals surface area contributed by atoms with Gasteiger partial charge in [0.2, 0.25) is 22.7 Å². The fourth-order valence-electron chi connectivity index (χ4n) is 3.08. The van der Waals surface area contributed by atoms with Gasteiger partial charge in [-0.1, -0.05) is 18.2 Å². The number of hydrogen-bond acceptors (Lipinski definition) is 6. The third-order valence-electron chi connectivity index (χ3n) is 4.48. The molecular formula is C17H23N3O5S. The first-order chi connectivity index (χ1) is 12.3. The van der Waals surface area contributed by atoms with Crippen LogP contribution in [0.2, 0.25) is 0 Å². The summed E-state index contributed by atoms with van der Waals surface area (Å²) in [5.74, 6) is 1.05. The minimum Gasteiger partial charge on any atom is -0.454 e. The van der Waals surface area contributed by atoms with Crippen molar-refractivity contribution in [1.29, 1.82) is 0 Å². The number of carbonyl (C=O) groups excluding carboxylic acids is 1. The number of nitrogens with zero attached hydrogens (tertiary/aromatic N) is 2. The van der Waals surface area contributed by atoms with Gasteiger partial charge in [-0.25, -0.2) is 8.42 Å². The first-order valence-corrected chi connectivity index (χ1v) is 10.1. The number of rotatable bonds is 6. The summed E-state index contributed by atoms with van der Waals surface area (Å²) in [6.45, 7) is 0.765. The molecule has 0 fully saturated rings. The van der Waals surface area contributed by atoms with Crippen LogP contribution in [0.4, 0.5) is 0 Å². The molecule has 26 heavy (non-hydrogen) atoms. The summed E-state index contributed by atoms with van der Waals surface area (Å²) >= 11 is 0. The Kier molecular flexibility index (Phi) is 5.22. The fraction of sp³-hybridized carbons (Fsp3) is 0.471. The normalized spacial score (nSPS) is 20.5. The van der Waals surface area contributed by atoms with Crippen molar-refractivity contribution in [3.63, 3.8) is 0 Å². The van der Waals surface area contributed by atoms with Gasteiger partial charge in [-0.15, -0.1) is 0 Å². The van der Waals surface area contributed by atoms with Crippen molar-refractivity contribution in [2.75, 3.05) is 40.2 Å². The molecule has 0 saturated carbocycles. The van der Waals surface area contributed by atoms with Crippen LogP contribution in [-0.2, 0) is 14.8 Å². The van der Waals surface area contributed by atoms with Crippen molar-refractivity contribution in [3.8, 4) is 11.5 Å². The van der Waals surface area contributed by atoms with Crippen LogP contribution in [-0.4, -0.2) is 69.8 Å². The molecule has 1 amide bonds. The van der Waals surface area contributed by atoms with E-state index in [9.17, 15) is 13.2 Å². The second kappa shape index (κ2) is 7.26. The molecule has 1 aromatic carbocycles. The number of benzene rings is 1. The Labute approximate surface area is 153 Å². The van der Waals surface area contributed by atoms with Gasteiger partial charge in [0.15, 0.2) is 11.5 Å². The lowest BCUT2D eigenvalue weighted by Gasteiger charge is -2.27. The van der Waals surface area contributed by atoms with E-state index in [1.165, 1.54) is 4.31 Å². The van der Waals surface area contributed by atoms with Crippen molar-refractivity contribution in [2.45, 2.75) is 12.1 Å². The van der Waals surface area contributed by atoms with Gasteiger partial charge in [-0.05, 0) is 31.8 Å². The molecule has 1 aromatic rings. The zero-order valence-electron chi connectivity index (χ0n) is 15.0. The van der Waals surface area contributed by atoms with Gasteiger partial charge < -0.3 is 19.7 Å². The highest BCUT2D eigenvalue weighted by Gasteiger charge is 2.33. The Hall–Kier alpha value is -2.10. The highest BCUT2D eigenvalue weighted by atomic mass is 32.2. The summed E-state index contributed by atoms with van der Waals surface area (Å²) in [7, 11) is 0.391. The average molecular weight is 381 g/mol. The number of fused-ring (bicyclic) bond motifs is 1.